The maximum atomic E-state index is 8.79. The molecular weight excluding hydrogens is 106 g/mol. The molecule has 0 saturated carbocycles. The predicted octanol–water partition coefficient (Wildman–Crippen LogP) is -1.05. The first-order valence-corrected chi connectivity index (χ1v) is 2.68. The van der Waals surface area contributed by atoms with Crippen LogP contribution in [0.3, 0.4) is 0 Å². The Balaban J connectivity index is 3.35. The summed E-state index contributed by atoms with van der Waals surface area (Å²) < 4.78 is 0. The number of likely N-dealkylation sites (N-methyl/N-ethyl adjacent to an activating group) is 1. The molecule has 0 amide bonds. The van der Waals surface area contributed by atoms with Crippen LogP contribution in [0.2, 0.25) is 0 Å². The minimum Gasteiger partial charge on any atom is -0.395 e. The van der Waals surface area contributed by atoms with Crippen LogP contribution in [-0.4, -0.2) is 36.0 Å². The Labute approximate surface area is 49.3 Å². The van der Waals surface area contributed by atoms with Gasteiger partial charge in [-0.05, 0) is 14.0 Å². The normalized spacial score (nSPS) is 18.0. The molecule has 0 bridgehead atoms. The SMILES string of the molecule is CN[C@H](CO)[C@H](C)O. The lowest BCUT2D eigenvalue weighted by molar-refractivity contribution is 0.108. The van der Waals surface area contributed by atoms with Crippen molar-refractivity contribution in [2.24, 2.45) is 0 Å². The Morgan fingerprint density at radius 2 is 2.12 bits per heavy atom. The van der Waals surface area contributed by atoms with Crippen LogP contribution in [0.5, 0.6) is 0 Å². The van der Waals surface area contributed by atoms with E-state index >= 15 is 0 Å². The highest BCUT2D eigenvalue weighted by molar-refractivity contribution is 4.67. The van der Waals surface area contributed by atoms with Crippen LogP contribution < -0.4 is 5.32 Å². The van der Waals surface area contributed by atoms with Crippen molar-refractivity contribution in [1.82, 2.24) is 5.32 Å². The van der Waals surface area contributed by atoms with Gasteiger partial charge in [0, 0.05) is 0 Å². The zero-order valence-corrected chi connectivity index (χ0v) is 5.26. The molecule has 0 aromatic carbocycles. The van der Waals surface area contributed by atoms with Crippen molar-refractivity contribution in [3.63, 3.8) is 0 Å². The van der Waals surface area contributed by atoms with Gasteiger partial charge in [-0.2, -0.15) is 0 Å². The van der Waals surface area contributed by atoms with E-state index in [-0.39, 0.29) is 12.6 Å². The third kappa shape index (κ3) is 2.26. The maximum absolute atomic E-state index is 8.79. The molecule has 0 fully saturated rings. The topological polar surface area (TPSA) is 52.5 Å². The van der Waals surface area contributed by atoms with E-state index in [2.05, 4.69) is 5.32 Å². The van der Waals surface area contributed by atoms with Gasteiger partial charge in [0.15, 0.2) is 0 Å². The molecule has 0 saturated heterocycles. The van der Waals surface area contributed by atoms with Crippen LogP contribution in [0.25, 0.3) is 0 Å². The van der Waals surface area contributed by atoms with Crippen molar-refractivity contribution in [3.05, 3.63) is 0 Å². The molecule has 0 radical (unpaired) electrons. The van der Waals surface area contributed by atoms with Crippen molar-refractivity contribution >= 4 is 0 Å². The van der Waals surface area contributed by atoms with Gasteiger partial charge in [0.2, 0.25) is 0 Å². The van der Waals surface area contributed by atoms with Gasteiger partial charge < -0.3 is 15.5 Å². The number of aliphatic hydroxyl groups excluding tert-OH is 2. The summed E-state index contributed by atoms with van der Waals surface area (Å²) in [7, 11) is 1.70. The number of rotatable bonds is 3. The summed E-state index contributed by atoms with van der Waals surface area (Å²) in [6.45, 7) is 1.62. The van der Waals surface area contributed by atoms with Crippen molar-refractivity contribution in [1.29, 1.82) is 0 Å². The highest BCUT2D eigenvalue weighted by Crippen LogP contribution is 1.87. The van der Waals surface area contributed by atoms with E-state index in [1.165, 1.54) is 0 Å². The number of hydrogen-bond acceptors (Lipinski definition) is 3. The van der Waals surface area contributed by atoms with Crippen molar-refractivity contribution in [2.45, 2.75) is 19.1 Å². The monoisotopic (exact) mass is 119 g/mol. The quantitative estimate of drug-likeness (QED) is 0.444. The van der Waals surface area contributed by atoms with Crippen LogP contribution in [0.4, 0.5) is 0 Å². The molecule has 50 valence electrons. The minimum absolute atomic E-state index is 0.0197. The summed E-state index contributed by atoms with van der Waals surface area (Å²) >= 11 is 0. The molecule has 0 aromatic rings. The molecular formula is C5H13NO2. The highest BCUT2D eigenvalue weighted by Gasteiger charge is 2.08. The van der Waals surface area contributed by atoms with Crippen LogP contribution >= 0.6 is 0 Å². The summed E-state index contributed by atoms with van der Waals surface area (Å²) in [5, 5.41) is 20.0. The Hall–Kier alpha value is -0.120. The standard InChI is InChI=1S/C5H13NO2/c1-4(8)5(3-7)6-2/h4-8H,3H2,1-2H3/t4-,5+/m0/s1. The largest absolute Gasteiger partial charge is 0.395 e. The molecule has 3 heteroatoms. The van der Waals surface area contributed by atoms with Crippen LogP contribution in [0.15, 0.2) is 0 Å². The van der Waals surface area contributed by atoms with Gasteiger partial charge in [-0.25, -0.2) is 0 Å². The molecule has 0 aliphatic heterocycles. The van der Waals surface area contributed by atoms with Gasteiger partial charge in [-0.3, -0.25) is 0 Å². The lowest BCUT2D eigenvalue weighted by atomic mass is 10.2. The fourth-order valence-electron chi connectivity index (χ4n) is 0.485. The third-order valence-corrected chi connectivity index (χ3v) is 1.15. The summed E-state index contributed by atoms with van der Waals surface area (Å²) in [6.07, 6.45) is -0.481. The van der Waals surface area contributed by atoms with E-state index in [4.69, 9.17) is 10.2 Å². The van der Waals surface area contributed by atoms with Crippen LogP contribution in [0, 0.1) is 0 Å². The van der Waals surface area contributed by atoms with Crippen LogP contribution in [0.1, 0.15) is 6.92 Å². The molecule has 0 heterocycles. The van der Waals surface area contributed by atoms with Crippen LogP contribution in [-0.2, 0) is 0 Å². The molecule has 0 rings (SSSR count). The Morgan fingerprint density at radius 1 is 1.62 bits per heavy atom. The summed E-state index contributed by atoms with van der Waals surface area (Å²) in [5.74, 6) is 0. The summed E-state index contributed by atoms with van der Waals surface area (Å²) in [4.78, 5) is 0. The van der Waals surface area contributed by atoms with E-state index in [0.717, 1.165) is 0 Å². The first-order valence-electron chi connectivity index (χ1n) is 2.68. The van der Waals surface area contributed by atoms with Gasteiger partial charge in [0.25, 0.3) is 0 Å². The molecule has 3 nitrogen and oxygen atoms in total. The maximum Gasteiger partial charge on any atom is 0.0687 e. The van der Waals surface area contributed by atoms with E-state index in [1.54, 1.807) is 14.0 Å². The molecule has 0 aliphatic carbocycles. The molecule has 0 unspecified atom stereocenters. The summed E-state index contributed by atoms with van der Waals surface area (Å²) in [5.41, 5.74) is 0. The molecule has 0 spiro atoms. The lowest BCUT2D eigenvalue weighted by Crippen LogP contribution is -2.38. The van der Waals surface area contributed by atoms with E-state index < -0.39 is 6.10 Å². The molecule has 8 heavy (non-hydrogen) atoms. The average Bonchev–Trinajstić information content (AvgIpc) is 1.69. The van der Waals surface area contributed by atoms with Crippen molar-refractivity contribution < 1.29 is 10.2 Å². The Kier molecular flexibility index (Phi) is 3.77. The Bertz CT molecular complexity index is 52.4. The number of hydrogen-bond donors (Lipinski definition) is 3. The average molecular weight is 119 g/mol. The van der Waals surface area contributed by atoms with Crippen molar-refractivity contribution in [2.75, 3.05) is 13.7 Å². The van der Waals surface area contributed by atoms with Gasteiger partial charge in [-0.15, -0.1) is 0 Å². The minimum atomic E-state index is -0.481. The zero-order chi connectivity index (χ0) is 6.57. The van der Waals surface area contributed by atoms with E-state index in [9.17, 15) is 0 Å². The molecule has 0 aromatic heterocycles. The third-order valence-electron chi connectivity index (χ3n) is 1.15. The Morgan fingerprint density at radius 3 is 2.12 bits per heavy atom. The second-order valence-electron chi connectivity index (χ2n) is 1.82. The lowest BCUT2D eigenvalue weighted by Gasteiger charge is -2.14. The first kappa shape index (κ1) is 7.88. The van der Waals surface area contributed by atoms with Gasteiger partial charge >= 0.3 is 0 Å². The highest BCUT2D eigenvalue weighted by atomic mass is 16.3. The molecule has 2 atom stereocenters. The second-order valence-corrected chi connectivity index (χ2v) is 1.82. The van der Waals surface area contributed by atoms with Gasteiger partial charge in [0.05, 0.1) is 18.8 Å². The zero-order valence-electron chi connectivity index (χ0n) is 5.26. The number of nitrogens with one attached hydrogen (secondary N) is 1. The number of aliphatic hydroxyl groups is 2. The first-order chi connectivity index (χ1) is 3.72. The predicted molar refractivity (Wildman–Crippen MR) is 31.6 cm³/mol. The van der Waals surface area contributed by atoms with Crippen molar-refractivity contribution in [3.8, 4) is 0 Å². The molecule has 3 N–H and O–H groups in total. The second kappa shape index (κ2) is 3.83. The van der Waals surface area contributed by atoms with Gasteiger partial charge in [-0.1, -0.05) is 0 Å². The fraction of sp³-hybridized carbons (Fsp3) is 1.00. The van der Waals surface area contributed by atoms with E-state index in [1.807, 2.05) is 0 Å². The van der Waals surface area contributed by atoms with Gasteiger partial charge in [0.1, 0.15) is 0 Å². The fourth-order valence-corrected chi connectivity index (χ4v) is 0.485. The van der Waals surface area contributed by atoms with E-state index in [0.29, 0.717) is 0 Å². The smallest absolute Gasteiger partial charge is 0.0687 e. The molecule has 0 aliphatic rings. The summed E-state index contributed by atoms with van der Waals surface area (Å²) in [6, 6.07) is -0.185.